The smallest absolute Gasteiger partial charge is 0.336 e. The van der Waals surface area contributed by atoms with Crippen molar-refractivity contribution in [3.8, 4) is 0 Å². The van der Waals surface area contributed by atoms with Crippen LogP contribution in [0.2, 0.25) is 0 Å². The lowest BCUT2D eigenvalue weighted by molar-refractivity contribution is 0.0693. The first kappa shape index (κ1) is 12.8. The van der Waals surface area contributed by atoms with Gasteiger partial charge >= 0.3 is 5.97 Å². The zero-order valence-corrected chi connectivity index (χ0v) is 11.4. The Kier molecular flexibility index (Phi) is 3.44. The molecule has 1 N–H and O–H groups in total. The van der Waals surface area contributed by atoms with E-state index in [-0.39, 0.29) is 0 Å². The molecule has 0 aliphatic heterocycles. The molecule has 0 aliphatic rings. The van der Waals surface area contributed by atoms with Gasteiger partial charge < -0.3 is 5.11 Å². The highest BCUT2D eigenvalue weighted by molar-refractivity contribution is 7.99. The Morgan fingerprint density at radius 3 is 2.35 bits per heavy atom. The van der Waals surface area contributed by atoms with Gasteiger partial charge in [-0.2, -0.15) is 0 Å². The number of rotatable bonds is 3. The maximum Gasteiger partial charge on any atom is 0.336 e. The molecule has 0 amide bonds. The molecule has 0 fully saturated rings. The van der Waals surface area contributed by atoms with Crippen LogP contribution in [0.15, 0.2) is 76.5 Å². The number of carboxylic acid groups (broad SMARTS) is 1. The van der Waals surface area contributed by atoms with E-state index in [1.807, 2.05) is 30.3 Å². The van der Waals surface area contributed by atoms with E-state index in [1.165, 1.54) is 17.1 Å². The van der Waals surface area contributed by atoms with Crippen molar-refractivity contribution < 1.29 is 9.90 Å². The average Bonchev–Trinajstić information content (AvgIpc) is 2.47. The van der Waals surface area contributed by atoms with E-state index in [2.05, 4.69) is 24.3 Å². The van der Waals surface area contributed by atoms with E-state index >= 15 is 0 Å². The third-order valence-corrected chi connectivity index (χ3v) is 4.13. The summed E-state index contributed by atoms with van der Waals surface area (Å²) >= 11 is 1.48. The number of carbonyl (C=O) groups is 1. The lowest BCUT2D eigenvalue weighted by Gasteiger charge is -2.06. The molecule has 0 heterocycles. The fourth-order valence-electron chi connectivity index (χ4n) is 2.09. The Hall–Kier alpha value is -2.26. The Labute approximate surface area is 121 Å². The van der Waals surface area contributed by atoms with Crippen molar-refractivity contribution in [2.75, 3.05) is 0 Å². The second kappa shape index (κ2) is 5.39. The van der Waals surface area contributed by atoms with Gasteiger partial charge in [0, 0.05) is 9.79 Å². The molecule has 3 rings (SSSR count). The van der Waals surface area contributed by atoms with Crippen LogP contribution in [0.3, 0.4) is 0 Å². The third kappa shape index (κ3) is 2.53. The Morgan fingerprint density at radius 2 is 1.55 bits per heavy atom. The van der Waals surface area contributed by atoms with Crippen LogP contribution in [-0.4, -0.2) is 11.1 Å². The van der Waals surface area contributed by atoms with Gasteiger partial charge in [0.05, 0.1) is 5.56 Å². The van der Waals surface area contributed by atoms with Gasteiger partial charge in [0.15, 0.2) is 0 Å². The van der Waals surface area contributed by atoms with Crippen molar-refractivity contribution in [1.82, 2.24) is 0 Å². The average molecular weight is 280 g/mol. The fraction of sp³-hybridized carbons (Fsp3) is 0. The monoisotopic (exact) mass is 280 g/mol. The Bertz CT molecular complexity index is 781. The topological polar surface area (TPSA) is 37.3 Å². The van der Waals surface area contributed by atoms with Gasteiger partial charge in [-0.1, -0.05) is 54.2 Å². The molecule has 0 saturated carbocycles. The molecule has 0 saturated heterocycles. The molecule has 3 heteroatoms. The summed E-state index contributed by atoms with van der Waals surface area (Å²) in [6.45, 7) is 0. The van der Waals surface area contributed by atoms with E-state index in [4.69, 9.17) is 0 Å². The summed E-state index contributed by atoms with van der Waals surface area (Å²) in [6, 6.07) is 21.4. The van der Waals surface area contributed by atoms with Gasteiger partial charge in [0.2, 0.25) is 0 Å². The zero-order chi connectivity index (χ0) is 13.9. The number of aromatic carboxylic acids is 1. The SMILES string of the molecule is O=C(O)c1ccccc1Sc1ccc2ccccc2c1. The van der Waals surface area contributed by atoms with Crippen molar-refractivity contribution in [2.24, 2.45) is 0 Å². The molecule has 0 spiro atoms. The molecule has 0 bridgehead atoms. The molecule has 0 radical (unpaired) electrons. The lowest BCUT2D eigenvalue weighted by Crippen LogP contribution is -1.97. The number of hydrogen-bond donors (Lipinski definition) is 1. The second-order valence-corrected chi connectivity index (χ2v) is 5.53. The van der Waals surface area contributed by atoms with Gasteiger partial charge in [-0.05, 0) is 35.0 Å². The predicted molar refractivity (Wildman–Crippen MR) is 81.5 cm³/mol. The van der Waals surface area contributed by atoms with Crippen LogP contribution in [-0.2, 0) is 0 Å². The summed E-state index contributed by atoms with van der Waals surface area (Å²) in [7, 11) is 0. The quantitative estimate of drug-likeness (QED) is 0.756. The molecular formula is C17H12O2S. The first-order valence-corrected chi connectivity index (χ1v) is 7.05. The maximum absolute atomic E-state index is 11.2. The first-order valence-electron chi connectivity index (χ1n) is 6.23. The minimum absolute atomic E-state index is 0.339. The van der Waals surface area contributed by atoms with Crippen LogP contribution in [0.1, 0.15) is 10.4 Å². The van der Waals surface area contributed by atoms with Crippen LogP contribution in [0.5, 0.6) is 0 Å². The van der Waals surface area contributed by atoms with E-state index in [0.717, 1.165) is 15.2 Å². The standard InChI is InChI=1S/C17H12O2S/c18-17(19)15-7-3-4-8-16(15)20-14-10-9-12-5-1-2-6-13(12)11-14/h1-11H,(H,18,19). The molecule has 0 unspecified atom stereocenters. The van der Waals surface area contributed by atoms with Crippen LogP contribution >= 0.6 is 11.8 Å². The van der Waals surface area contributed by atoms with Gasteiger partial charge in [0.1, 0.15) is 0 Å². The maximum atomic E-state index is 11.2. The second-order valence-electron chi connectivity index (χ2n) is 4.41. The lowest BCUT2D eigenvalue weighted by atomic mass is 10.1. The normalized spacial score (nSPS) is 10.6. The minimum atomic E-state index is -0.895. The van der Waals surface area contributed by atoms with Crippen LogP contribution in [0, 0.1) is 0 Å². The van der Waals surface area contributed by atoms with Gasteiger partial charge in [-0.25, -0.2) is 4.79 Å². The van der Waals surface area contributed by atoms with Crippen molar-refractivity contribution in [1.29, 1.82) is 0 Å². The van der Waals surface area contributed by atoms with Crippen molar-refractivity contribution in [3.63, 3.8) is 0 Å². The Balaban J connectivity index is 1.99. The summed E-state index contributed by atoms with van der Waals surface area (Å²) < 4.78 is 0. The van der Waals surface area contributed by atoms with E-state index in [9.17, 15) is 9.90 Å². The number of fused-ring (bicyclic) bond motifs is 1. The summed E-state index contributed by atoms with van der Waals surface area (Å²) in [6.07, 6.45) is 0. The minimum Gasteiger partial charge on any atom is -0.478 e. The molecule has 3 aromatic rings. The fourth-order valence-corrected chi connectivity index (χ4v) is 3.08. The Morgan fingerprint density at radius 1 is 0.850 bits per heavy atom. The molecule has 98 valence electrons. The molecule has 0 aromatic heterocycles. The molecule has 2 nitrogen and oxygen atoms in total. The van der Waals surface area contributed by atoms with Crippen LogP contribution < -0.4 is 0 Å². The van der Waals surface area contributed by atoms with E-state index in [1.54, 1.807) is 12.1 Å². The van der Waals surface area contributed by atoms with Crippen LogP contribution in [0.25, 0.3) is 10.8 Å². The third-order valence-electron chi connectivity index (χ3n) is 3.07. The van der Waals surface area contributed by atoms with Crippen molar-refractivity contribution >= 4 is 28.5 Å². The van der Waals surface area contributed by atoms with Crippen molar-refractivity contribution in [2.45, 2.75) is 9.79 Å². The highest BCUT2D eigenvalue weighted by Crippen LogP contribution is 2.32. The predicted octanol–water partition coefficient (Wildman–Crippen LogP) is 4.69. The largest absolute Gasteiger partial charge is 0.478 e. The summed E-state index contributed by atoms with van der Waals surface area (Å²) in [5.41, 5.74) is 0.339. The van der Waals surface area contributed by atoms with Gasteiger partial charge in [-0.15, -0.1) is 0 Å². The highest BCUT2D eigenvalue weighted by Gasteiger charge is 2.10. The first-order chi connectivity index (χ1) is 9.74. The van der Waals surface area contributed by atoms with E-state index < -0.39 is 5.97 Å². The highest BCUT2D eigenvalue weighted by atomic mass is 32.2. The van der Waals surface area contributed by atoms with Gasteiger partial charge in [-0.3, -0.25) is 0 Å². The van der Waals surface area contributed by atoms with Crippen LogP contribution in [0.4, 0.5) is 0 Å². The molecule has 0 atom stereocenters. The number of hydrogen-bond acceptors (Lipinski definition) is 2. The summed E-state index contributed by atoms with van der Waals surface area (Å²) in [4.78, 5) is 13.0. The number of benzene rings is 3. The van der Waals surface area contributed by atoms with Crippen molar-refractivity contribution in [3.05, 3.63) is 72.3 Å². The zero-order valence-electron chi connectivity index (χ0n) is 10.6. The molecule has 20 heavy (non-hydrogen) atoms. The number of carboxylic acids is 1. The summed E-state index contributed by atoms with van der Waals surface area (Å²) in [5.74, 6) is -0.895. The molecule has 0 aliphatic carbocycles. The molecule has 3 aromatic carbocycles. The van der Waals surface area contributed by atoms with E-state index in [0.29, 0.717) is 5.56 Å². The summed E-state index contributed by atoms with van der Waals surface area (Å²) in [5, 5.41) is 11.5. The molecular weight excluding hydrogens is 268 g/mol. The van der Waals surface area contributed by atoms with Gasteiger partial charge in [0.25, 0.3) is 0 Å².